The predicted molar refractivity (Wildman–Crippen MR) is 87.3 cm³/mol. The van der Waals surface area contributed by atoms with E-state index in [1.54, 1.807) is 0 Å². The Hall–Kier alpha value is -0.624. The van der Waals surface area contributed by atoms with Gasteiger partial charge in [0.05, 0.1) is 16.7 Å². The van der Waals surface area contributed by atoms with Crippen LogP contribution >= 0.6 is 0 Å². The van der Waals surface area contributed by atoms with Crippen molar-refractivity contribution in [3.05, 3.63) is 35.4 Å². The van der Waals surface area contributed by atoms with E-state index in [9.17, 15) is 27.4 Å². The molecule has 131 valence electrons. The first-order valence-electron chi connectivity index (χ1n) is 7.18. The Bertz CT molecular complexity index is 771. The molecule has 8 nitrogen and oxygen atoms in total. The zero-order valence-electron chi connectivity index (χ0n) is 13.5. The number of carboxylic acids is 2. The van der Waals surface area contributed by atoms with Crippen molar-refractivity contribution in [2.45, 2.75) is 24.5 Å². The van der Waals surface area contributed by atoms with Gasteiger partial charge < -0.3 is 10.2 Å². The van der Waals surface area contributed by atoms with E-state index in [1.807, 2.05) is 0 Å². The molecule has 3 atom stereocenters. The number of hydrogen-bond donors (Lipinski definition) is 3. The molecule has 1 aromatic carbocycles. The fraction of sp³-hybridized carbons (Fsp3) is 0.400. The number of ketones is 1. The summed E-state index contributed by atoms with van der Waals surface area (Å²) >= 11 is 0. The van der Waals surface area contributed by atoms with Gasteiger partial charge in [0, 0.05) is 62.9 Å². The third-order valence-electron chi connectivity index (χ3n) is 4.27. The molecule has 25 heavy (non-hydrogen) atoms. The number of aromatic carboxylic acids is 1. The Labute approximate surface area is 186 Å². The maximum Gasteiger partial charge on any atom is 0.335 e. The number of Topliss-reactive ketones (excluding diaryl/α,β-unsaturated/α-hetero) is 1. The second-order valence-corrected chi connectivity index (χ2v) is 7.39. The Morgan fingerprint density at radius 2 is 1.48 bits per heavy atom. The topological polar surface area (TPSA) is 146 Å². The third-order valence-corrected chi connectivity index (χ3v) is 5.60. The molecule has 1 aromatic rings. The van der Waals surface area contributed by atoms with Gasteiger partial charge in [-0.05, 0) is 31.4 Å². The Morgan fingerprint density at radius 1 is 0.960 bits per heavy atom. The van der Waals surface area contributed by atoms with Gasteiger partial charge in [0.2, 0.25) is 0 Å². The summed E-state index contributed by atoms with van der Waals surface area (Å²) in [6, 6.07) is 4.90. The minimum Gasteiger partial charge on any atom is -0.481 e. The van der Waals surface area contributed by atoms with E-state index in [2.05, 4.69) is 0 Å². The summed E-state index contributed by atoms with van der Waals surface area (Å²) in [7, 11) is -4.51. The second kappa shape index (κ2) is 8.85. The summed E-state index contributed by atoms with van der Waals surface area (Å²) in [5, 5.41) is 16.6. The quantitative estimate of drug-likeness (QED) is 0.379. The molecule has 0 heterocycles. The van der Waals surface area contributed by atoms with E-state index in [0.717, 1.165) is 0 Å². The number of carbonyl (C=O) groups is 3. The number of rotatable bonds is 5. The first-order chi connectivity index (χ1) is 11.1. The molecule has 10 heteroatoms. The smallest absolute Gasteiger partial charge is 0.335 e. The van der Waals surface area contributed by atoms with E-state index in [-0.39, 0.29) is 81.8 Å². The molecule has 3 unspecified atom stereocenters. The normalized spacial score (nSPS) is 23.3. The van der Waals surface area contributed by atoms with Crippen molar-refractivity contribution >= 4 is 79.2 Å². The molecule has 0 spiro atoms. The minimum atomic E-state index is -4.51. The largest absolute Gasteiger partial charge is 0.481 e. The van der Waals surface area contributed by atoms with Gasteiger partial charge in [0.1, 0.15) is 0 Å². The number of hydrogen-bond acceptors (Lipinski definition) is 5. The molecule has 0 bridgehead atoms. The molecule has 0 saturated heterocycles. The van der Waals surface area contributed by atoms with Crippen LogP contribution in [-0.2, 0) is 14.9 Å². The van der Waals surface area contributed by atoms with Gasteiger partial charge in [-0.1, -0.05) is 12.1 Å². The molecule has 1 fully saturated rings. The van der Waals surface area contributed by atoms with Crippen LogP contribution in [-0.4, -0.2) is 97.5 Å². The summed E-state index contributed by atoms with van der Waals surface area (Å²) in [6.07, 6.45) is -0.264. The minimum absolute atomic E-state index is 0. The fourth-order valence-corrected chi connectivity index (χ4v) is 4.07. The average molecular weight is 395 g/mol. The van der Waals surface area contributed by atoms with Crippen molar-refractivity contribution in [3.63, 3.8) is 0 Å². The summed E-state index contributed by atoms with van der Waals surface area (Å²) in [5.74, 6) is -4.97. The van der Waals surface area contributed by atoms with Gasteiger partial charge in [-0.2, -0.15) is 8.42 Å². The van der Waals surface area contributed by atoms with Crippen molar-refractivity contribution in [3.8, 4) is 0 Å². The number of carboxylic acid groups (broad SMARTS) is 2. The molecule has 1 aliphatic carbocycles. The molecular weight excluding hydrogens is 379 g/mol. The standard InChI is InChI=1S/C15H16O8S.K/c16-13(8-1-3-9(4-2-8)14(17)18)11-7-10(15(19)20)5-6-12(11)24(21,22)23;/h1-4,10-12H,5-7H2,(H,17,18)(H,19,20)(H,21,22,23);. The molecule has 1 aliphatic rings. The predicted octanol–water partition coefficient (Wildman–Crippen LogP) is 0.944. The van der Waals surface area contributed by atoms with Gasteiger partial charge in [0.15, 0.2) is 5.78 Å². The Morgan fingerprint density at radius 3 is 1.92 bits per heavy atom. The van der Waals surface area contributed by atoms with Gasteiger partial charge >= 0.3 is 11.9 Å². The number of carbonyl (C=O) groups excluding carboxylic acids is 1. The Kier molecular flexibility index (Phi) is 7.93. The summed E-state index contributed by atoms with van der Waals surface area (Å²) in [6.45, 7) is 0. The van der Waals surface area contributed by atoms with Crippen LogP contribution in [0.5, 0.6) is 0 Å². The van der Waals surface area contributed by atoms with Crippen molar-refractivity contribution in [2.75, 3.05) is 0 Å². The number of aliphatic carboxylic acids is 1. The van der Waals surface area contributed by atoms with Crippen LogP contribution in [0.4, 0.5) is 0 Å². The van der Waals surface area contributed by atoms with Crippen LogP contribution in [0.2, 0.25) is 0 Å². The van der Waals surface area contributed by atoms with Crippen molar-refractivity contribution in [2.24, 2.45) is 11.8 Å². The number of benzene rings is 1. The van der Waals surface area contributed by atoms with E-state index < -0.39 is 44.9 Å². The molecular formula is C15H16KO8S. The van der Waals surface area contributed by atoms with Gasteiger partial charge in [0.25, 0.3) is 10.1 Å². The second-order valence-electron chi connectivity index (χ2n) is 5.75. The van der Waals surface area contributed by atoms with Gasteiger partial charge in [-0.15, -0.1) is 0 Å². The van der Waals surface area contributed by atoms with Crippen molar-refractivity contribution < 1.29 is 37.6 Å². The van der Waals surface area contributed by atoms with E-state index in [4.69, 9.17) is 10.2 Å². The molecule has 1 saturated carbocycles. The Balaban J connectivity index is 0.00000312. The van der Waals surface area contributed by atoms with Crippen LogP contribution in [0, 0.1) is 11.8 Å². The van der Waals surface area contributed by atoms with Crippen LogP contribution in [0.15, 0.2) is 24.3 Å². The molecule has 0 amide bonds. The maximum absolute atomic E-state index is 12.6. The first-order valence-corrected chi connectivity index (χ1v) is 8.68. The van der Waals surface area contributed by atoms with Crippen molar-refractivity contribution in [1.29, 1.82) is 0 Å². The van der Waals surface area contributed by atoms with Crippen LogP contribution in [0.1, 0.15) is 40.0 Å². The van der Waals surface area contributed by atoms with Crippen LogP contribution in [0.3, 0.4) is 0 Å². The summed E-state index contributed by atoms with van der Waals surface area (Å²) in [4.78, 5) is 34.6. The van der Waals surface area contributed by atoms with E-state index in [1.165, 1.54) is 24.3 Å². The summed E-state index contributed by atoms with van der Waals surface area (Å²) in [5.41, 5.74) is 0.0367. The van der Waals surface area contributed by atoms with Crippen LogP contribution in [0.25, 0.3) is 0 Å². The third kappa shape index (κ3) is 5.42. The van der Waals surface area contributed by atoms with Crippen molar-refractivity contribution in [1.82, 2.24) is 0 Å². The molecule has 3 N–H and O–H groups in total. The molecule has 1 radical (unpaired) electrons. The van der Waals surface area contributed by atoms with E-state index >= 15 is 0 Å². The first kappa shape index (κ1) is 22.4. The van der Waals surface area contributed by atoms with Gasteiger partial charge in [-0.25, -0.2) is 4.79 Å². The zero-order valence-corrected chi connectivity index (χ0v) is 17.4. The molecule has 0 aliphatic heterocycles. The van der Waals surface area contributed by atoms with E-state index in [0.29, 0.717) is 0 Å². The SMILES string of the molecule is O=C(O)c1ccc(C(=O)C2CC(C(=O)O)CCC2S(=O)(=O)O)cc1.[K]. The average Bonchev–Trinajstić information content (AvgIpc) is 2.52. The van der Waals surface area contributed by atoms with Gasteiger partial charge in [-0.3, -0.25) is 14.1 Å². The molecule has 2 rings (SSSR count). The monoisotopic (exact) mass is 395 g/mol. The van der Waals surface area contributed by atoms with Crippen LogP contribution < -0.4 is 0 Å². The zero-order chi connectivity index (χ0) is 18.1. The summed E-state index contributed by atoms with van der Waals surface area (Å²) < 4.78 is 32.4. The maximum atomic E-state index is 12.6. The fourth-order valence-electron chi connectivity index (χ4n) is 2.99. The molecule has 0 aromatic heterocycles.